The summed E-state index contributed by atoms with van der Waals surface area (Å²) in [6.07, 6.45) is 7.60. The lowest BCUT2D eigenvalue weighted by molar-refractivity contribution is 0.0846. The molecule has 8 rings (SSSR count). The number of pyridine rings is 4. The maximum absolute atomic E-state index is 12.5. The number of nitrogens with zero attached hydrogens (tertiary/aromatic N) is 5. The van der Waals surface area contributed by atoms with Crippen molar-refractivity contribution in [3.63, 3.8) is 0 Å². The fraction of sp³-hybridized carbons (Fsp3) is 0.420. The van der Waals surface area contributed by atoms with Gasteiger partial charge in [0.1, 0.15) is 11.6 Å². The first-order valence-electron chi connectivity index (χ1n) is 22.5. The Bertz CT molecular complexity index is 2750. The zero-order valence-electron chi connectivity index (χ0n) is 38.1. The van der Waals surface area contributed by atoms with Crippen LogP contribution >= 0.6 is 0 Å². The van der Waals surface area contributed by atoms with E-state index in [1.807, 2.05) is 64.2 Å². The van der Waals surface area contributed by atoms with E-state index in [-0.39, 0.29) is 11.1 Å². The highest BCUT2D eigenvalue weighted by Crippen LogP contribution is 2.36. The number of hydrogen-bond acceptors (Lipinski definition) is 12. The van der Waals surface area contributed by atoms with E-state index in [4.69, 9.17) is 15.2 Å². The Morgan fingerprint density at radius 2 is 1.14 bits per heavy atom. The highest BCUT2D eigenvalue weighted by Gasteiger charge is 2.25. The number of nitrogens with two attached hydrogens (primary N) is 1. The Balaban J connectivity index is 0.000000191. The standard InChI is InChI=1S/C25H33N5O2.C25H29N5O2/c2*1-4-30(19-6-9-32-10-7-19)23-13-18(14-26)12-21-20(23)5-8-27-24(21)28-15-22-16(2)11-17(3)29-25(22)31/h5,8,11-13,19H,4,6-7,9-10,14-15,26H2,1-3H3,(H,27,28)(H,29,31);5,8,11-13,19H,4,6-7,9-10,15H2,1-3H3,(H,27,28)(H,29,31). The highest BCUT2D eigenvalue weighted by atomic mass is 16.5. The van der Waals surface area contributed by atoms with Crippen LogP contribution in [0.2, 0.25) is 0 Å². The Kier molecular flexibility index (Phi) is 15.0. The topological polar surface area (TPSA) is 190 Å². The number of fused-ring (bicyclic) bond motifs is 2. The Morgan fingerprint density at radius 1 is 0.688 bits per heavy atom. The molecule has 2 aliphatic heterocycles. The summed E-state index contributed by atoms with van der Waals surface area (Å²) in [7, 11) is 0. The maximum atomic E-state index is 12.5. The van der Waals surface area contributed by atoms with Gasteiger partial charge < -0.3 is 45.6 Å². The molecule has 0 aliphatic carbocycles. The SMILES string of the molecule is CCN(c1cc(C#N)cc2c(NCc3c(C)cc(C)[nH]c3=O)nccc12)C1CCOCC1.CCN(c1cc(CN)cc2c(NCc3c(C)cc(C)[nH]c3=O)nccc12)C1CCOCC1. The third-order valence-corrected chi connectivity index (χ3v) is 12.6. The van der Waals surface area contributed by atoms with Crippen LogP contribution in [0.25, 0.3) is 21.5 Å². The maximum Gasteiger partial charge on any atom is 0.253 e. The molecule has 0 amide bonds. The van der Waals surface area contributed by atoms with Gasteiger partial charge in [0, 0.05) is 139 Å². The minimum Gasteiger partial charge on any atom is -0.381 e. The molecule has 0 radical (unpaired) electrons. The first-order chi connectivity index (χ1) is 31.0. The average Bonchev–Trinajstić information content (AvgIpc) is 3.29. The van der Waals surface area contributed by atoms with E-state index >= 15 is 0 Å². The number of benzene rings is 2. The molecule has 0 saturated carbocycles. The number of hydrogen-bond donors (Lipinski definition) is 5. The largest absolute Gasteiger partial charge is 0.381 e. The van der Waals surface area contributed by atoms with Gasteiger partial charge in [0.25, 0.3) is 11.1 Å². The normalized spacial score (nSPS) is 14.5. The number of aryl methyl sites for hydroxylation is 4. The fourth-order valence-corrected chi connectivity index (χ4v) is 9.32. The molecule has 6 N–H and O–H groups in total. The quantitative estimate of drug-likeness (QED) is 0.0764. The molecular weight excluding hydrogens is 805 g/mol. The van der Waals surface area contributed by atoms with E-state index in [1.165, 1.54) is 5.69 Å². The highest BCUT2D eigenvalue weighted by molar-refractivity contribution is 6.02. The van der Waals surface area contributed by atoms with Crippen molar-refractivity contribution >= 4 is 44.6 Å². The molecule has 0 bridgehead atoms. The van der Waals surface area contributed by atoms with Gasteiger partial charge in [-0.15, -0.1) is 0 Å². The second-order valence-electron chi connectivity index (χ2n) is 16.8. The van der Waals surface area contributed by atoms with Crippen LogP contribution in [-0.4, -0.2) is 71.5 Å². The number of nitrogens with one attached hydrogen (secondary N) is 4. The van der Waals surface area contributed by atoms with E-state index in [2.05, 4.69) is 78.5 Å². The third kappa shape index (κ3) is 10.2. The van der Waals surface area contributed by atoms with Gasteiger partial charge in [-0.2, -0.15) is 5.26 Å². The number of H-pyrrole nitrogens is 2. The minimum absolute atomic E-state index is 0.0600. The second-order valence-corrected chi connectivity index (χ2v) is 16.8. The van der Waals surface area contributed by atoms with E-state index < -0.39 is 0 Å². The number of nitriles is 1. The summed E-state index contributed by atoms with van der Waals surface area (Å²) in [5, 5.41) is 20.6. The zero-order chi connectivity index (χ0) is 45.3. The zero-order valence-corrected chi connectivity index (χ0v) is 38.1. The minimum atomic E-state index is -0.0923. The van der Waals surface area contributed by atoms with Crippen LogP contribution in [0.1, 0.15) is 84.3 Å². The van der Waals surface area contributed by atoms with Gasteiger partial charge in [-0.1, -0.05) is 0 Å². The van der Waals surface area contributed by atoms with Gasteiger partial charge in [-0.3, -0.25) is 9.59 Å². The summed E-state index contributed by atoms with van der Waals surface area (Å²) >= 11 is 0. The molecule has 2 aromatic carbocycles. The molecule has 14 heteroatoms. The Hall–Kier alpha value is -6.27. The van der Waals surface area contributed by atoms with Crippen molar-refractivity contribution in [3.05, 3.63) is 126 Å². The third-order valence-electron chi connectivity index (χ3n) is 12.6. The monoisotopic (exact) mass is 866 g/mol. The average molecular weight is 867 g/mol. The van der Waals surface area contributed by atoms with Gasteiger partial charge in [0.15, 0.2) is 0 Å². The van der Waals surface area contributed by atoms with Gasteiger partial charge in [-0.25, -0.2) is 9.97 Å². The van der Waals surface area contributed by atoms with Crippen molar-refractivity contribution in [2.45, 2.75) is 98.9 Å². The molecule has 2 fully saturated rings. The molecule has 0 atom stereocenters. The molecule has 64 heavy (non-hydrogen) atoms. The summed E-state index contributed by atoms with van der Waals surface area (Å²) in [4.78, 5) is 44.6. The Labute approximate surface area is 375 Å². The number of ether oxygens (including phenoxy) is 2. The lowest BCUT2D eigenvalue weighted by Gasteiger charge is -2.36. The van der Waals surface area contributed by atoms with Crippen molar-refractivity contribution in [2.24, 2.45) is 5.73 Å². The lowest BCUT2D eigenvalue weighted by Crippen LogP contribution is -2.39. The van der Waals surface area contributed by atoms with E-state index in [9.17, 15) is 14.9 Å². The first-order valence-corrected chi connectivity index (χ1v) is 22.5. The summed E-state index contributed by atoms with van der Waals surface area (Å²) in [5.74, 6) is 1.43. The molecule has 6 heterocycles. The number of aromatic amines is 2. The van der Waals surface area contributed by atoms with Crippen LogP contribution in [-0.2, 0) is 29.1 Å². The van der Waals surface area contributed by atoms with Crippen LogP contribution in [0.4, 0.5) is 23.0 Å². The van der Waals surface area contributed by atoms with E-state index in [0.717, 1.165) is 132 Å². The first kappa shape index (κ1) is 45.7. The lowest BCUT2D eigenvalue weighted by atomic mass is 10.0. The van der Waals surface area contributed by atoms with E-state index in [1.54, 1.807) is 6.20 Å². The smallest absolute Gasteiger partial charge is 0.253 e. The molecule has 6 aromatic rings. The number of anilines is 4. The number of aromatic nitrogens is 4. The molecule has 14 nitrogen and oxygen atoms in total. The summed E-state index contributed by atoms with van der Waals surface area (Å²) in [6, 6.07) is 19.3. The summed E-state index contributed by atoms with van der Waals surface area (Å²) < 4.78 is 11.1. The van der Waals surface area contributed by atoms with Crippen LogP contribution < -0.4 is 37.3 Å². The molecule has 336 valence electrons. The van der Waals surface area contributed by atoms with Crippen molar-refractivity contribution < 1.29 is 9.47 Å². The Morgan fingerprint density at radius 3 is 1.56 bits per heavy atom. The van der Waals surface area contributed by atoms with Gasteiger partial charge in [0.2, 0.25) is 0 Å². The predicted octanol–water partition coefficient (Wildman–Crippen LogP) is 7.65. The fourth-order valence-electron chi connectivity index (χ4n) is 9.32. The molecular formula is C50H62N10O4. The van der Waals surface area contributed by atoms with Crippen LogP contribution in [0.3, 0.4) is 0 Å². The predicted molar refractivity (Wildman–Crippen MR) is 258 cm³/mol. The van der Waals surface area contributed by atoms with Crippen molar-refractivity contribution in [3.8, 4) is 6.07 Å². The molecule has 2 aliphatic rings. The van der Waals surface area contributed by atoms with Crippen LogP contribution in [0.5, 0.6) is 0 Å². The summed E-state index contributed by atoms with van der Waals surface area (Å²) in [6.45, 7) is 18.1. The second kappa shape index (κ2) is 20.9. The van der Waals surface area contributed by atoms with Gasteiger partial charge in [0.05, 0.1) is 11.6 Å². The summed E-state index contributed by atoms with van der Waals surface area (Å²) in [5.41, 5.74) is 14.8. The van der Waals surface area contributed by atoms with Crippen molar-refractivity contribution in [1.82, 2.24) is 19.9 Å². The van der Waals surface area contributed by atoms with Crippen molar-refractivity contribution in [2.75, 3.05) is 60.0 Å². The van der Waals surface area contributed by atoms with Crippen molar-refractivity contribution in [1.29, 1.82) is 5.26 Å². The molecule has 0 unspecified atom stereocenters. The van der Waals surface area contributed by atoms with Crippen LogP contribution in [0, 0.1) is 39.0 Å². The van der Waals surface area contributed by atoms with Gasteiger partial charge in [-0.05, 0) is 132 Å². The number of rotatable bonds is 13. The molecule has 0 spiro atoms. The van der Waals surface area contributed by atoms with Gasteiger partial charge >= 0.3 is 0 Å². The van der Waals surface area contributed by atoms with E-state index in [0.29, 0.717) is 48.7 Å². The molecule has 4 aromatic heterocycles. The van der Waals surface area contributed by atoms with Crippen LogP contribution in [0.15, 0.2) is 70.5 Å². The molecule has 2 saturated heterocycles.